The molecule has 1 fully saturated rings. The molecule has 5 heteroatoms. The van der Waals surface area contributed by atoms with Crippen molar-refractivity contribution in [2.24, 2.45) is 11.5 Å². The molecule has 0 radical (unpaired) electrons. The van der Waals surface area contributed by atoms with Gasteiger partial charge in [0.05, 0.1) is 5.70 Å². The molecular weight excluding hydrogens is 224 g/mol. The van der Waals surface area contributed by atoms with Crippen LogP contribution in [-0.2, 0) is 0 Å². The van der Waals surface area contributed by atoms with Crippen molar-refractivity contribution in [2.75, 3.05) is 19.6 Å². The molecule has 0 bridgehead atoms. The van der Waals surface area contributed by atoms with Crippen LogP contribution < -0.4 is 16.8 Å². The maximum Gasteiger partial charge on any atom is 0.120 e. The molecule has 0 aromatic heterocycles. The molecule has 0 aliphatic carbocycles. The van der Waals surface area contributed by atoms with E-state index in [1.165, 1.54) is 19.3 Å². The molecule has 92 valence electrons. The van der Waals surface area contributed by atoms with Crippen molar-refractivity contribution in [3.8, 4) is 0 Å². The third-order valence-corrected chi connectivity index (χ3v) is 2.72. The zero-order chi connectivity index (χ0) is 12.0. The van der Waals surface area contributed by atoms with Crippen molar-refractivity contribution in [3.63, 3.8) is 0 Å². The van der Waals surface area contributed by atoms with Gasteiger partial charge in [-0.15, -0.1) is 0 Å². The number of nitrogens with zero attached hydrogens (tertiary/aromatic N) is 1. The van der Waals surface area contributed by atoms with Crippen LogP contribution in [0.25, 0.3) is 0 Å². The number of hydrogen-bond donors (Lipinski definition) is 3. The lowest BCUT2D eigenvalue weighted by Crippen LogP contribution is -2.34. The van der Waals surface area contributed by atoms with E-state index in [0.717, 1.165) is 25.3 Å². The van der Waals surface area contributed by atoms with Gasteiger partial charge >= 0.3 is 0 Å². The van der Waals surface area contributed by atoms with Crippen LogP contribution >= 0.6 is 11.6 Å². The SMILES string of the molecule is CCN/C(N)=C(/C=C(N)Cl)N1CCCCC1. The van der Waals surface area contributed by atoms with Gasteiger partial charge in [0.15, 0.2) is 0 Å². The Bertz CT molecular complexity index is 276. The van der Waals surface area contributed by atoms with Crippen LogP contribution in [-0.4, -0.2) is 24.5 Å². The minimum Gasteiger partial charge on any atom is -0.389 e. The summed E-state index contributed by atoms with van der Waals surface area (Å²) in [7, 11) is 0. The van der Waals surface area contributed by atoms with Crippen molar-refractivity contribution in [1.82, 2.24) is 10.2 Å². The first kappa shape index (κ1) is 13.0. The van der Waals surface area contributed by atoms with Crippen LogP contribution in [0.5, 0.6) is 0 Å². The van der Waals surface area contributed by atoms with Crippen molar-refractivity contribution in [3.05, 3.63) is 22.8 Å². The predicted octanol–water partition coefficient (Wildman–Crippen LogP) is 1.25. The Morgan fingerprint density at radius 3 is 2.44 bits per heavy atom. The number of halogens is 1. The molecule has 1 saturated heterocycles. The van der Waals surface area contributed by atoms with E-state index in [1.807, 2.05) is 6.92 Å². The summed E-state index contributed by atoms with van der Waals surface area (Å²) in [5, 5.41) is 3.37. The predicted molar refractivity (Wildman–Crippen MR) is 68.4 cm³/mol. The smallest absolute Gasteiger partial charge is 0.120 e. The van der Waals surface area contributed by atoms with Crippen LogP contribution in [0.1, 0.15) is 26.2 Å². The lowest BCUT2D eigenvalue weighted by atomic mass is 10.1. The summed E-state index contributed by atoms with van der Waals surface area (Å²) in [6, 6.07) is 0. The number of rotatable bonds is 4. The summed E-state index contributed by atoms with van der Waals surface area (Å²) >= 11 is 5.73. The first-order chi connectivity index (χ1) is 7.65. The van der Waals surface area contributed by atoms with Gasteiger partial charge in [0, 0.05) is 19.6 Å². The molecule has 16 heavy (non-hydrogen) atoms. The monoisotopic (exact) mass is 244 g/mol. The molecule has 0 atom stereocenters. The minimum absolute atomic E-state index is 0.265. The second-order valence-electron chi connectivity index (χ2n) is 3.91. The van der Waals surface area contributed by atoms with Gasteiger partial charge in [-0.25, -0.2) is 0 Å². The molecule has 0 aromatic rings. The fourth-order valence-electron chi connectivity index (χ4n) is 1.89. The molecule has 1 heterocycles. The van der Waals surface area contributed by atoms with Crippen LogP contribution in [0.2, 0.25) is 0 Å². The lowest BCUT2D eigenvalue weighted by molar-refractivity contribution is 0.288. The van der Waals surface area contributed by atoms with Crippen molar-refractivity contribution < 1.29 is 0 Å². The first-order valence-electron chi connectivity index (χ1n) is 5.76. The third kappa shape index (κ3) is 3.85. The van der Waals surface area contributed by atoms with E-state index in [9.17, 15) is 0 Å². The Morgan fingerprint density at radius 2 is 1.94 bits per heavy atom. The second kappa shape index (κ2) is 6.53. The highest BCUT2D eigenvalue weighted by Crippen LogP contribution is 2.17. The summed E-state index contributed by atoms with van der Waals surface area (Å²) in [5.74, 6) is 0.646. The number of nitrogens with two attached hydrogens (primary N) is 2. The van der Waals surface area contributed by atoms with Gasteiger partial charge in [-0.1, -0.05) is 11.6 Å². The fourth-order valence-corrected chi connectivity index (χ4v) is 1.99. The van der Waals surface area contributed by atoms with Gasteiger partial charge in [0.25, 0.3) is 0 Å². The third-order valence-electron chi connectivity index (χ3n) is 2.61. The quantitative estimate of drug-likeness (QED) is 0.514. The Balaban J connectivity index is 2.85. The van der Waals surface area contributed by atoms with Crippen LogP contribution in [0.3, 0.4) is 0 Å². The maximum atomic E-state index is 5.98. The molecule has 0 unspecified atom stereocenters. The van der Waals surface area contributed by atoms with Crippen LogP contribution in [0.4, 0.5) is 0 Å². The van der Waals surface area contributed by atoms with Crippen LogP contribution in [0.15, 0.2) is 22.8 Å². The highest BCUT2D eigenvalue weighted by Gasteiger charge is 2.14. The first-order valence-corrected chi connectivity index (χ1v) is 6.14. The molecule has 0 saturated carbocycles. The van der Waals surface area contributed by atoms with E-state index >= 15 is 0 Å². The Morgan fingerprint density at radius 1 is 1.31 bits per heavy atom. The Kier molecular flexibility index (Phi) is 5.32. The summed E-state index contributed by atoms with van der Waals surface area (Å²) in [4.78, 5) is 2.23. The molecule has 4 nitrogen and oxygen atoms in total. The van der Waals surface area contributed by atoms with E-state index < -0.39 is 0 Å². The summed E-state index contributed by atoms with van der Waals surface area (Å²) < 4.78 is 0. The largest absolute Gasteiger partial charge is 0.389 e. The van der Waals surface area contributed by atoms with Crippen molar-refractivity contribution >= 4 is 11.6 Å². The van der Waals surface area contributed by atoms with Gasteiger partial charge in [-0.2, -0.15) is 0 Å². The standard InChI is InChI=1S/C11H21ClN4/c1-2-15-11(14)9(8-10(12)13)16-6-4-3-5-7-16/h8,15H,2-7,13-14H2,1H3/b10-8?,11-9-. The number of hydrogen-bond acceptors (Lipinski definition) is 4. The summed E-state index contributed by atoms with van der Waals surface area (Å²) in [5.41, 5.74) is 12.4. The lowest BCUT2D eigenvalue weighted by Gasteiger charge is -2.30. The molecule has 0 amide bonds. The summed E-state index contributed by atoms with van der Waals surface area (Å²) in [6.45, 7) is 4.83. The van der Waals surface area contributed by atoms with Gasteiger partial charge in [-0.3, -0.25) is 0 Å². The molecular formula is C11H21ClN4. The average molecular weight is 245 g/mol. The molecule has 0 aromatic carbocycles. The zero-order valence-corrected chi connectivity index (χ0v) is 10.6. The van der Waals surface area contributed by atoms with E-state index in [0.29, 0.717) is 5.82 Å². The number of likely N-dealkylation sites (tertiary alicyclic amines) is 1. The minimum atomic E-state index is 0.265. The molecule has 1 aliphatic rings. The maximum absolute atomic E-state index is 5.98. The van der Waals surface area contributed by atoms with Crippen LogP contribution in [0, 0.1) is 0 Å². The normalized spacial score (nSPS) is 19.4. The Labute approximate surface area is 102 Å². The van der Waals surface area contributed by atoms with E-state index in [2.05, 4.69) is 10.2 Å². The number of nitrogens with one attached hydrogen (secondary N) is 1. The highest BCUT2D eigenvalue weighted by molar-refractivity contribution is 6.29. The van der Waals surface area contributed by atoms with E-state index in [-0.39, 0.29) is 5.16 Å². The summed E-state index contributed by atoms with van der Waals surface area (Å²) in [6.07, 6.45) is 5.40. The zero-order valence-electron chi connectivity index (χ0n) is 9.80. The molecule has 1 aliphatic heterocycles. The number of allylic oxidation sites excluding steroid dienone is 1. The topological polar surface area (TPSA) is 67.3 Å². The molecule has 1 rings (SSSR count). The molecule has 5 N–H and O–H groups in total. The van der Waals surface area contributed by atoms with Gasteiger partial charge in [0.1, 0.15) is 11.0 Å². The Hall–Kier alpha value is -1.03. The average Bonchev–Trinajstić information content (AvgIpc) is 2.27. The van der Waals surface area contributed by atoms with E-state index in [4.69, 9.17) is 23.1 Å². The fraction of sp³-hybridized carbons (Fsp3) is 0.636. The second-order valence-corrected chi connectivity index (χ2v) is 4.34. The van der Waals surface area contributed by atoms with Crippen molar-refractivity contribution in [1.29, 1.82) is 0 Å². The molecule has 0 spiro atoms. The van der Waals surface area contributed by atoms with Crippen molar-refractivity contribution in [2.45, 2.75) is 26.2 Å². The van der Waals surface area contributed by atoms with Gasteiger partial charge in [0.2, 0.25) is 0 Å². The van der Waals surface area contributed by atoms with Gasteiger partial charge in [-0.05, 0) is 32.3 Å². The van der Waals surface area contributed by atoms with E-state index in [1.54, 1.807) is 6.08 Å². The highest BCUT2D eigenvalue weighted by atomic mass is 35.5. The number of piperidine rings is 1. The van der Waals surface area contributed by atoms with Gasteiger partial charge < -0.3 is 21.7 Å².